The first-order valence-electron chi connectivity index (χ1n) is 8.63. The highest BCUT2D eigenvalue weighted by atomic mass is 16.6. The van der Waals surface area contributed by atoms with Crippen LogP contribution >= 0.6 is 0 Å². The second-order valence-electron chi connectivity index (χ2n) is 6.58. The van der Waals surface area contributed by atoms with E-state index in [-0.39, 0.29) is 23.6 Å². The van der Waals surface area contributed by atoms with Crippen molar-refractivity contribution in [3.63, 3.8) is 0 Å². The predicted molar refractivity (Wildman–Crippen MR) is 101 cm³/mol. The maximum Gasteiger partial charge on any atom is 0.329 e. The summed E-state index contributed by atoms with van der Waals surface area (Å²) in [6.07, 6.45) is 3.28. The Morgan fingerprint density at radius 2 is 1.96 bits per heavy atom. The Bertz CT molecular complexity index is 971. The van der Waals surface area contributed by atoms with E-state index in [1.165, 1.54) is 17.0 Å². The van der Waals surface area contributed by atoms with Gasteiger partial charge in [0.2, 0.25) is 11.8 Å². The van der Waals surface area contributed by atoms with Crippen molar-refractivity contribution in [2.75, 3.05) is 10.6 Å². The lowest BCUT2D eigenvalue weighted by Gasteiger charge is -2.15. The van der Waals surface area contributed by atoms with Gasteiger partial charge in [0.05, 0.1) is 11.0 Å². The summed E-state index contributed by atoms with van der Waals surface area (Å²) in [5, 5.41) is 19.9. The van der Waals surface area contributed by atoms with E-state index in [9.17, 15) is 10.1 Å². The summed E-state index contributed by atoms with van der Waals surface area (Å²) in [7, 11) is 0. The molecule has 1 heterocycles. The summed E-state index contributed by atoms with van der Waals surface area (Å²) >= 11 is 0. The fourth-order valence-electron chi connectivity index (χ4n) is 2.86. The van der Waals surface area contributed by atoms with Crippen molar-refractivity contribution in [1.82, 2.24) is 9.97 Å². The van der Waals surface area contributed by atoms with Crippen LogP contribution in [0.25, 0.3) is 10.8 Å². The van der Waals surface area contributed by atoms with Crippen LogP contribution in [-0.4, -0.2) is 20.9 Å². The zero-order chi connectivity index (χ0) is 18.1. The van der Waals surface area contributed by atoms with Crippen LogP contribution in [0.3, 0.4) is 0 Å². The minimum Gasteiger partial charge on any atom is -0.361 e. The van der Waals surface area contributed by atoms with Gasteiger partial charge in [0.15, 0.2) is 0 Å². The molecule has 7 heteroatoms. The third-order valence-electron chi connectivity index (χ3n) is 4.50. The Hall–Kier alpha value is -3.22. The number of aromatic nitrogens is 2. The van der Waals surface area contributed by atoms with Crippen LogP contribution in [0, 0.1) is 10.1 Å². The van der Waals surface area contributed by atoms with E-state index < -0.39 is 4.92 Å². The Morgan fingerprint density at radius 1 is 1.19 bits per heavy atom. The van der Waals surface area contributed by atoms with Crippen LogP contribution < -0.4 is 10.6 Å². The first kappa shape index (κ1) is 16.3. The molecular weight excluding hydrogens is 330 g/mol. The average Bonchev–Trinajstić information content (AvgIpc) is 3.45. The summed E-state index contributed by atoms with van der Waals surface area (Å²) in [6, 6.07) is 14.7. The molecule has 1 atom stereocenters. The van der Waals surface area contributed by atoms with E-state index in [0.29, 0.717) is 5.95 Å². The second kappa shape index (κ2) is 6.59. The molecule has 2 aromatic carbocycles. The smallest absolute Gasteiger partial charge is 0.329 e. The van der Waals surface area contributed by atoms with Gasteiger partial charge in [0.1, 0.15) is 6.20 Å². The normalized spacial score (nSPS) is 14.8. The van der Waals surface area contributed by atoms with Crippen LogP contribution in [0.1, 0.15) is 31.4 Å². The van der Waals surface area contributed by atoms with E-state index >= 15 is 0 Å². The number of nitrogens with one attached hydrogen (secondary N) is 2. The van der Waals surface area contributed by atoms with Crippen molar-refractivity contribution in [3.05, 3.63) is 64.3 Å². The number of hydrogen-bond acceptors (Lipinski definition) is 6. The van der Waals surface area contributed by atoms with Gasteiger partial charge in [-0.3, -0.25) is 10.1 Å². The lowest BCUT2D eigenvalue weighted by Crippen LogP contribution is -2.12. The molecule has 1 saturated carbocycles. The van der Waals surface area contributed by atoms with E-state index in [1.54, 1.807) is 0 Å². The van der Waals surface area contributed by atoms with E-state index in [2.05, 4.69) is 50.9 Å². The molecule has 2 N–H and O–H groups in total. The molecule has 26 heavy (non-hydrogen) atoms. The van der Waals surface area contributed by atoms with Gasteiger partial charge in [-0.1, -0.05) is 36.4 Å². The van der Waals surface area contributed by atoms with Crippen molar-refractivity contribution < 1.29 is 4.92 Å². The number of fused-ring (bicyclic) bond motifs is 1. The molecule has 1 aliphatic rings. The van der Waals surface area contributed by atoms with Gasteiger partial charge in [-0.15, -0.1) is 0 Å². The van der Waals surface area contributed by atoms with Crippen molar-refractivity contribution in [2.24, 2.45) is 0 Å². The van der Waals surface area contributed by atoms with Crippen LogP contribution in [0.2, 0.25) is 0 Å². The van der Waals surface area contributed by atoms with Crippen molar-refractivity contribution in [2.45, 2.75) is 31.8 Å². The van der Waals surface area contributed by atoms with Crippen LogP contribution in [0.15, 0.2) is 48.7 Å². The topological polar surface area (TPSA) is 93.0 Å². The summed E-state index contributed by atoms with van der Waals surface area (Å²) in [5.41, 5.74) is 1.00. The Kier molecular flexibility index (Phi) is 4.12. The number of anilines is 2. The maximum absolute atomic E-state index is 11.2. The minimum absolute atomic E-state index is 0.0326. The molecular formula is C19H19N5O2. The highest BCUT2D eigenvalue weighted by Crippen LogP contribution is 2.30. The molecule has 0 amide bonds. The van der Waals surface area contributed by atoms with Crippen LogP contribution in [0.4, 0.5) is 17.5 Å². The lowest BCUT2D eigenvalue weighted by atomic mass is 10.0. The number of nitrogens with zero attached hydrogens (tertiary/aromatic N) is 3. The molecule has 7 nitrogen and oxygen atoms in total. The summed E-state index contributed by atoms with van der Waals surface area (Å²) in [5.74, 6) is 0.653. The van der Waals surface area contributed by atoms with E-state index in [4.69, 9.17) is 0 Å². The van der Waals surface area contributed by atoms with Crippen LogP contribution in [0.5, 0.6) is 0 Å². The summed E-state index contributed by atoms with van der Waals surface area (Å²) < 4.78 is 0. The van der Waals surface area contributed by atoms with Crippen molar-refractivity contribution in [3.8, 4) is 0 Å². The first-order valence-corrected chi connectivity index (χ1v) is 8.63. The monoisotopic (exact) mass is 349 g/mol. The molecule has 0 aliphatic heterocycles. The third-order valence-corrected chi connectivity index (χ3v) is 4.50. The average molecular weight is 349 g/mol. The Morgan fingerprint density at radius 3 is 2.69 bits per heavy atom. The van der Waals surface area contributed by atoms with Gasteiger partial charge in [0.25, 0.3) is 0 Å². The zero-order valence-electron chi connectivity index (χ0n) is 14.3. The Balaban J connectivity index is 1.57. The van der Waals surface area contributed by atoms with E-state index in [1.807, 2.05) is 19.1 Å². The molecule has 3 aromatic rings. The largest absolute Gasteiger partial charge is 0.361 e. The summed E-state index contributed by atoms with van der Waals surface area (Å²) in [6.45, 7) is 2.02. The molecule has 1 aliphatic carbocycles. The second-order valence-corrected chi connectivity index (χ2v) is 6.58. The SMILES string of the molecule is C[C@@H](Nc1ncc([N+](=O)[O-])c(NC2CC2)n1)c1ccc2ccccc2c1. The van der Waals surface area contributed by atoms with Gasteiger partial charge in [-0.05, 0) is 42.2 Å². The number of hydrogen-bond donors (Lipinski definition) is 2. The molecule has 1 fully saturated rings. The number of benzene rings is 2. The minimum atomic E-state index is -0.457. The van der Waals surface area contributed by atoms with Crippen LogP contribution in [-0.2, 0) is 0 Å². The third kappa shape index (κ3) is 3.42. The van der Waals surface area contributed by atoms with E-state index in [0.717, 1.165) is 18.4 Å². The first-order chi connectivity index (χ1) is 12.6. The fourth-order valence-corrected chi connectivity index (χ4v) is 2.86. The molecule has 132 valence electrons. The van der Waals surface area contributed by atoms with Gasteiger partial charge in [-0.25, -0.2) is 4.98 Å². The fraction of sp³-hybridized carbons (Fsp3) is 0.263. The molecule has 0 spiro atoms. The molecule has 4 rings (SSSR count). The van der Waals surface area contributed by atoms with Gasteiger partial charge in [-0.2, -0.15) is 4.98 Å². The maximum atomic E-state index is 11.2. The van der Waals surface area contributed by atoms with Crippen molar-refractivity contribution >= 4 is 28.2 Å². The molecule has 1 aromatic heterocycles. The molecule has 0 saturated heterocycles. The Labute approximate surface area is 150 Å². The quantitative estimate of drug-likeness (QED) is 0.509. The number of rotatable bonds is 6. The highest BCUT2D eigenvalue weighted by molar-refractivity contribution is 5.83. The lowest BCUT2D eigenvalue weighted by molar-refractivity contribution is -0.384. The standard InChI is InChI=1S/C19H19N5O2/c1-12(14-7-6-13-4-2-3-5-15(13)10-14)21-19-20-11-17(24(25)26)18(23-19)22-16-8-9-16/h2-7,10-12,16H,8-9H2,1H3,(H2,20,21,22,23)/t12-/m1/s1. The van der Waals surface area contributed by atoms with Gasteiger partial charge < -0.3 is 10.6 Å². The number of nitro groups is 1. The highest BCUT2D eigenvalue weighted by Gasteiger charge is 2.26. The molecule has 0 bridgehead atoms. The zero-order valence-corrected chi connectivity index (χ0v) is 14.3. The molecule has 0 unspecified atom stereocenters. The van der Waals surface area contributed by atoms with Gasteiger partial charge >= 0.3 is 5.69 Å². The molecule has 0 radical (unpaired) electrons. The summed E-state index contributed by atoms with van der Waals surface area (Å²) in [4.78, 5) is 19.2. The van der Waals surface area contributed by atoms with Crippen molar-refractivity contribution in [1.29, 1.82) is 0 Å². The predicted octanol–water partition coefficient (Wildman–Crippen LogP) is 4.29. The van der Waals surface area contributed by atoms with Gasteiger partial charge in [0, 0.05) is 6.04 Å².